The van der Waals surface area contributed by atoms with E-state index < -0.39 is 17.6 Å². The molecule has 0 spiro atoms. The lowest BCUT2D eigenvalue weighted by molar-refractivity contribution is -0.137. The Morgan fingerprint density at radius 2 is 1.85 bits per heavy atom. The molecule has 0 aliphatic heterocycles. The van der Waals surface area contributed by atoms with Crippen molar-refractivity contribution in [2.24, 2.45) is 5.92 Å². The van der Waals surface area contributed by atoms with Gasteiger partial charge in [0.15, 0.2) is 0 Å². The van der Waals surface area contributed by atoms with Crippen molar-refractivity contribution in [2.75, 3.05) is 5.32 Å². The van der Waals surface area contributed by atoms with Crippen LogP contribution >= 0.6 is 0 Å². The lowest BCUT2D eigenvalue weighted by Gasteiger charge is -2.13. The van der Waals surface area contributed by atoms with Gasteiger partial charge in [0.2, 0.25) is 11.8 Å². The molecule has 0 aliphatic carbocycles. The summed E-state index contributed by atoms with van der Waals surface area (Å²) in [5.74, 6) is -0.331. The Labute approximate surface area is 148 Å². The van der Waals surface area contributed by atoms with E-state index in [-0.39, 0.29) is 36.9 Å². The van der Waals surface area contributed by atoms with Gasteiger partial charge in [-0.3, -0.25) is 9.59 Å². The number of carbonyl (C=O) groups excluding carboxylic acids is 2. The number of anilines is 1. The zero-order valence-corrected chi connectivity index (χ0v) is 14.1. The van der Waals surface area contributed by atoms with Crippen molar-refractivity contribution in [1.82, 2.24) is 5.32 Å². The third-order valence-corrected chi connectivity index (χ3v) is 3.58. The number of carbonyl (C=O) groups is 2. The maximum Gasteiger partial charge on any atom is 0.416 e. The van der Waals surface area contributed by atoms with Crippen molar-refractivity contribution in [2.45, 2.75) is 32.5 Å². The van der Waals surface area contributed by atoms with Crippen LogP contribution in [0, 0.1) is 5.92 Å². The maximum atomic E-state index is 12.7. The smallest absolute Gasteiger partial charge is 0.416 e. The number of rotatable bonds is 7. The van der Waals surface area contributed by atoms with E-state index in [1.807, 2.05) is 0 Å². The van der Waals surface area contributed by atoms with Crippen LogP contribution < -0.4 is 10.6 Å². The van der Waals surface area contributed by atoms with Gasteiger partial charge in [0, 0.05) is 18.5 Å². The molecule has 26 heavy (non-hydrogen) atoms. The highest BCUT2D eigenvalue weighted by Crippen LogP contribution is 2.30. The van der Waals surface area contributed by atoms with Crippen molar-refractivity contribution in [1.29, 1.82) is 0 Å². The van der Waals surface area contributed by atoms with Gasteiger partial charge < -0.3 is 15.1 Å². The van der Waals surface area contributed by atoms with E-state index in [2.05, 4.69) is 10.6 Å². The molecule has 140 valence electrons. The fourth-order valence-corrected chi connectivity index (χ4v) is 2.36. The molecule has 2 aromatic rings. The maximum absolute atomic E-state index is 12.7. The molecule has 0 fully saturated rings. The second kappa shape index (κ2) is 8.55. The molecule has 0 aliphatic rings. The van der Waals surface area contributed by atoms with Crippen LogP contribution in [0.2, 0.25) is 0 Å². The highest BCUT2D eigenvalue weighted by Gasteiger charge is 2.30. The van der Waals surface area contributed by atoms with Gasteiger partial charge in [0.25, 0.3) is 0 Å². The molecule has 1 atom stereocenters. The molecular weight excluding hydrogens is 349 g/mol. The average molecular weight is 368 g/mol. The summed E-state index contributed by atoms with van der Waals surface area (Å²) in [6, 6.07) is 7.85. The monoisotopic (exact) mass is 368 g/mol. The van der Waals surface area contributed by atoms with Gasteiger partial charge in [-0.25, -0.2) is 0 Å². The van der Waals surface area contributed by atoms with E-state index in [0.717, 1.165) is 12.1 Å². The zero-order valence-electron chi connectivity index (χ0n) is 14.1. The number of hydrogen-bond donors (Lipinski definition) is 2. The fourth-order valence-electron chi connectivity index (χ4n) is 2.36. The number of hydrogen-bond acceptors (Lipinski definition) is 3. The van der Waals surface area contributed by atoms with Gasteiger partial charge >= 0.3 is 6.18 Å². The summed E-state index contributed by atoms with van der Waals surface area (Å²) >= 11 is 0. The molecule has 2 amide bonds. The van der Waals surface area contributed by atoms with Gasteiger partial charge in [-0.05, 0) is 36.2 Å². The molecule has 2 rings (SSSR count). The molecular formula is C18H19F3N2O3. The van der Waals surface area contributed by atoms with Gasteiger partial charge in [-0.15, -0.1) is 0 Å². The number of nitrogens with one attached hydrogen (secondary N) is 2. The van der Waals surface area contributed by atoms with Crippen LogP contribution in [0.3, 0.4) is 0 Å². The first kappa shape index (κ1) is 19.6. The predicted octanol–water partition coefficient (Wildman–Crippen LogP) is 3.97. The summed E-state index contributed by atoms with van der Waals surface area (Å²) in [4.78, 5) is 23.8. The summed E-state index contributed by atoms with van der Waals surface area (Å²) in [6.07, 6.45) is -2.83. The van der Waals surface area contributed by atoms with E-state index >= 15 is 0 Å². The molecule has 0 bridgehead atoms. The average Bonchev–Trinajstić information content (AvgIpc) is 3.05. The van der Waals surface area contributed by atoms with Crippen LogP contribution in [0.4, 0.5) is 18.9 Å². The van der Waals surface area contributed by atoms with Crippen molar-refractivity contribution in [3.63, 3.8) is 0 Å². The topological polar surface area (TPSA) is 71.3 Å². The van der Waals surface area contributed by atoms with Gasteiger partial charge in [0.1, 0.15) is 5.76 Å². The zero-order chi connectivity index (χ0) is 19.2. The molecule has 0 unspecified atom stereocenters. The van der Waals surface area contributed by atoms with Crippen molar-refractivity contribution >= 4 is 17.5 Å². The molecule has 8 heteroatoms. The number of furan rings is 1. The molecule has 2 N–H and O–H groups in total. The molecule has 0 radical (unpaired) electrons. The van der Waals surface area contributed by atoms with Crippen LogP contribution in [-0.4, -0.2) is 11.8 Å². The Balaban J connectivity index is 1.79. The second-order valence-corrected chi connectivity index (χ2v) is 6.00. The van der Waals surface area contributed by atoms with Crippen molar-refractivity contribution in [3.8, 4) is 0 Å². The van der Waals surface area contributed by atoms with Gasteiger partial charge in [0.05, 0.1) is 18.4 Å². The predicted molar refractivity (Wildman–Crippen MR) is 89.0 cm³/mol. The highest BCUT2D eigenvalue weighted by atomic mass is 19.4. The highest BCUT2D eigenvalue weighted by molar-refractivity contribution is 5.91. The van der Waals surface area contributed by atoms with Gasteiger partial charge in [-0.1, -0.05) is 13.0 Å². The van der Waals surface area contributed by atoms with Crippen LogP contribution in [0.1, 0.15) is 31.1 Å². The Morgan fingerprint density at radius 3 is 2.50 bits per heavy atom. The summed E-state index contributed by atoms with van der Waals surface area (Å²) in [6.45, 7) is 1.98. The minimum atomic E-state index is -4.47. The summed E-state index contributed by atoms with van der Waals surface area (Å²) in [5, 5.41) is 5.10. The van der Waals surface area contributed by atoms with E-state index in [1.165, 1.54) is 18.4 Å². The van der Waals surface area contributed by atoms with Crippen LogP contribution in [0.25, 0.3) is 0 Å². The molecule has 1 heterocycles. The summed E-state index contributed by atoms with van der Waals surface area (Å²) < 4.78 is 43.1. The lowest BCUT2D eigenvalue weighted by atomic mass is 10.0. The van der Waals surface area contributed by atoms with Gasteiger partial charge in [-0.2, -0.15) is 13.2 Å². The molecule has 0 saturated carbocycles. The largest absolute Gasteiger partial charge is 0.467 e. The first-order valence-electron chi connectivity index (χ1n) is 8.00. The number of halogens is 3. The van der Waals surface area contributed by atoms with Crippen LogP contribution in [0.5, 0.6) is 0 Å². The number of amides is 2. The Morgan fingerprint density at radius 1 is 1.12 bits per heavy atom. The van der Waals surface area contributed by atoms with Crippen molar-refractivity contribution in [3.05, 3.63) is 54.0 Å². The van der Waals surface area contributed by atoms with E-state index in [0.29, 0.717) is 5.76 Å². The Bertz CT molecular complexity index is 742. The standard InChI is InChI=1S/C18H19F3N2O3/c1-12(8-16(24)22-11-15-6-3-7-26-15)9-17(25)23-14-5-2-4-13(10-14)18(19,20)21/h2-7,10,12H,8-9,11H2,1H3,(H,22,24)(H,23,25)/t12-/m0/s1. The summed E-state index contributed by atoms with van der Waals surface area (Å²) in [7, 11) is 0. The van der Waals surface area contributed by atoms with E-state index in [1.54, 1.807) is 19.1 Å². The molecule has 5 nitrogen and oxygen atoms in total. The van der Waals surface area contributed by atoms with E-state index in [9.17, 15) is 22.8 Å². The Hall–Kier alpha value is -2.77. The third-order valence-electron chi connectivity index (χ3n) is 3.58. The minimum absolute atomic E-state index is 0.0183. The minimum Gasteiger partial charge on any atom is -0.467 e. The number of alkyl halides is 3. The van der Waals surface area contributed by atoms with E-state index in [4.69, 9.17) is 4.42 Å². The van der Waals surface area contributed by atoms with Crippen LogP contribution in [0.15, 0.2) is 47.1 Å². The molecule has 1 aromatic carbocycles. The first-order chi connectivity index (χ1) is 12.2. The first-order valence-corrected chi connectivity index (χ1v) is 8.00. The second-order valence-electron chi connectivity index (χ2n) is 6.00. The van der Waals surface area contributed by atoms with Crippen LogP contribution in [-0.2, 0) is 22.3 Å². The molecule has 0 saturated heterocycles. The molecule has 1 aromatic heterocycles. The lowest BCUT2D eigenvalue weighted by Crippen LogP contribution is -2.26. The van der Waals surface area contributed by atoms with Crippen molar-refractivity contribution < 1.29 is 27.2 Å². The SMILES string of the molecule is C[C@@H](CC(=O)NCc1ccco1)CC(=O)Nc1cccc(C(F)(F)F)c1. The Kier molecular flexibility index (Phi) is 6.43. The summed E-state index contributed by atoms with van der Waals surface area (Å²) in [5.41, 5.74) is -0.764. The number of benzene rings is 1. The third kappa shape index (κ3) is 6.27. The quantitative estimate of drug-likeness (QED) is 0.777. The normalized spacial score (nSPS) is 12.5. The fraction of sp³-hybridized carbons (Fsp3) is 0.333.